The second kappa shape index (κ2) is 7.44. The van der Waals surface area contributed by atoms with Gasteiger partial charge in [0.2, 0.25) is 0 Å². The van der Waals surface area contributed by atoms with Crippen LogP contribution in [-0.4, -0.2) is 26.0 Å². The van der Waals surface area contributed by atoms with Crippen molar-refractivity contribution in [3.05, 3.63) is 23.7 Å². The minimum Gasteiger partial charge on any atom is -0.468 e. The number of ether oxygens (including phenoxy) is 2. The Labute approximate surface area is 96.9 Å². The fourth-order valence-electron chi connectivity index (χ4n) is 1.43. The van der Waals surface area contributed by atoms with Gasteiger partial charge in [-0.25, -0.2) is 0 Å². The number of hydrogen-bond acceptors (Lipinski definition) is 4. The molecule has 0 atom stereocenters. The van der Waals surface area contributed by atoms with Gasteiger partial charge in [0.15, 0.2) is 6.29 Å². The maximum Gasteiger partial charge on any atom is 0.169 e. The first kappa shape index (κ1) is 13.2. The molecule has 16 heavy (non-hydrogen) atoms. The Morgan fingerprint density at radius 3 is 2.50 bits per heavy atom. The summed E-state index contributed by atoms with van der Waals surface area (Å²) < 4.78 is 16.2. The van der Waals surface area contributed by atoms with E-state index in [1.807, 2.05) is 26.8 Å². The Bertz CT molecular complexity index is 280. The molecular weight excluding hydrogens is 206 g/mol. The van der Waals surface area contributed by atoms with E-state index in [2.05, 4.69) is 5.32 Å². The lowest BCUT2D eigenvalue weighted by Gasteiger charge is -2.17. The second-order valence-electron chi connectivity index (χ2n) is 3.50. The molecule has 0 saturated carbocycles. The summed E-state index contributed by atoms with van der Waals surface area (Å²) in [4.78, 5) is 0. The fraction of sp³-hybridized carbons (Fsp3) is 0.667. The molecule has 1 aromatic heterocycles. The van der Waals surface area contributed by atoms with E-state index in [-0.39, 0.29) is 6.29 Å². The molecule has 92 valence electrons. The Balaban J connectivity index is 2.24. The molecule has 0 aliphatic carbocycles. The highest BCUT2D eigenvalue weighted by Gasteiger charge is 2.08. The van der Waals surface area contributed by atoms with Crippen molar-refractivity contribution in [2.24, 2.45) is 0 Å². The molecule has 1 aromatic rings. The molecular formula is C12H21NO3. The summed E-state index contributed by atoms with van der Waals surface area (Å²) in [7, 11) is 0. The number of aryl methyl sites for hydroxylation is 1. The van der Waals surface area contributed by atoms with E-state index in [9.17, 15) is 0 Å². The first-order valence-corrected chi connectivity index (χ1v) is 5.74. The zero-order valence-electron chi connectivity index (χ0n) is 10.3. The molecule has 1 rings (SSSR count). The van der Waals surface area contributed by atoms with E-state index in [1.165, 1.54) is 0 Å². The molecule has 1 N–H and O–H groups in total. The zero-order valence-corrected chi connectivity index (χ0v) is 10.3. The molecule has 4 nitrogen and oxygen atoms in total. The molecule has 0 fully saturated rings. The van der Waals surface area contributed by atoms with Crippen LogP contribution in [0.25, 0.3) is 0 Å². The molecule has 0 unspecified atom stereocenters. The number of hydrogen-bond donors (Lipinski definition) is 1. The molecule has 1 heterocycles. The molecule has 0 aliphatic rings. The standard InChI is InChI=1S/C12H21NO3/c1-4-14-12(15-5-2)9-13-8-11-10(3)6-7-16-11/h6-7,12-13H,4-5,8-9H2,1-3H3. The summed E-state index contributed by atoms with van der Waals surface area (Å²) in [6, 6.07) is 1.96. The lowest BCUT2D eigenvalue weighted by atomic mass is 10.3. The summed E-state index contributed by atoms with van der Waals surface area (Å²) in [5, 5.41) is 3.25. The molecule has 0 aromatic carbocycles. The molecule has 0 radical (unpaired) electrons. The van der Waals surface area contributed by atoms with E-state index in [4.69, 9.17) is 13.9 Å². The monoisotopic (exact) mass is 227 g/mol. The van der Waals surface area contributed by atoms with Crippen molar-refractivity contribution in [1.29, 1.82) is 0 Å². The Morgan fingerprint density at radius 2 is 2.00 bits per heavy atom. The van der Waals surface area contributed by atoms with Gasteiger partial charge in [-0.2, -0.15) is 0 Å². The topological polar surface area (TPSA) is 43.6 Å². The largest absolute Gasteiger partial charge is 0.468 e. The van der Waals surface area contributed by atoms with Gasteiger partial charge in [-0.05, 0) is 32.4 Å². The average molecular weight is 227 g/mol. The van der Waals surface area contributed by atoms with Crippen LogP contribution in [0.2, 0.25) is 0 Å². The van der Waals surface area contributed by atoms with Gasteiger partial charge in [-0.1, -0.05) is 0 Å². The Hall–Kier alpha value is -0.840. The van der Waals surface area contributed by atoms with Crippen LogP contribution in [0.15, 0.2) is 16.7 Å². The van der Waals surface area contributed by atoms with Gasteiger partial charge in [-0.15, -0.1) is 0 Å². The van der Waals surface area contributed by atoms with E-state index >= 15 is 0 Å². The van der Waals surface area contributed by atoms with E-state index < -0.39 is 0 Å². The lowest BCUT2D eigenvalue weighted by Crippen LogP contribution is -2.31. The normalized spacial score (nSPS) is 11.2. The van der Waals surface area contributed by atoms with Crippen LogP contribution in [-0.2, 0) is 16.0 Å². The van der Waals surface area contributed by atoms with Crippen LogP contribution < -0.4 is 5.32 Å². The van der Waals surface area contributed by atoms with Gasteiger partial charge in [-0.3, -0.25) is 0 Å². The summed E-state index contributed by atoms with van der Waals surface area (Å²) in [6.07, 6.45) is 1.53. The average Bonchev–Trinajstić information content (AvgIpc) is 2.65. The highest BCUT2D eigenvalue weighted by Crippen LogP contribution is 2.07. The smallest absolute Gasteiger partial charge is 0.169 e. The third kappa shape index (κ3) is 4.35. The van der Waals surface area contributed by atoms with Gasteiger partial charge in [0.1, 0.15) is 5.76 Å². The SMILES string of the molecule is CCOC(CNCc1occc1C)OCC. The Morgan fingerprint density at radius 1 is 1.31 bits per heavy atom. The molecule has 4 heteroatoms. The van der Waals surface area contributed by atoms with Crippen molar-refractivity contribution in [2.45, 2.75) is 33.6 Å². The second-order valence-corrected chi connectivity index (χ2v) is 3.50. The fourth-order valence-corrected chi connectivity index (χ4v) is 1.43. The summed E-state index contributed by atoms with van der Waals surface area (Å²) >= 11 is 0. The van der Waals surface area contributed by atoms with Gasteiger partial charge in [0, 0.05) is 19.8 Å². The maximum absolute atomic E-state index is 5.42. The quantitative estimate of drug-likeness (QED) is 0.690. The minimum atomic E-state index is -0.176. The van der Waals surface area contributed by atoms with Crippen LogP contribution in [0.4, 0.5) is 0 Å². The van der Waals surface area contributed by atoms with Crippen LogP contribution in [0.3, 0.4) is 0 Å². The maximum atomic E-state index is 5.42. The first-order chi connectivity index (χ1) is 7.77. The lowest BCUT2D eigenvalue weighted by molar-refractivity contribution is -0.133. The third-order valence-electron chi connectivity index (χ3n) is 2.27. The highest BCUT2D eigenvalue weighted by molar-refractivity contribution is 5.13. The summed E-state index contributed by atoms with van der Waals surface area (Å²) in [5.41, 5.74) is 1.16. The van der Waals surface area contributed by atoms with Crippen LogP contribution in [0, 0.1) is 6.92 Å². The van der Waals surface area contributed by atoms with Gasteiger partial charge >= 0.3 is 0 Å². The number of nitrogens with one attached hydrogen (secondary N) is 1. The number of rotatable bonds is 8. The van der Waals surface area contributed by atoms with Gasteiger partial charge in [0.05, 0.1) is 12.8 Å². The highest BCUT2D eigenvalue weighted by atomic mass is 16.7. The van der Waals surface area contributed by atoms with Gasteiger partial charge in [0.25, 0.3) is 0 Å². The van der Waals surface area contributed by atoms with Crippen molar-refractivity contribution < 1.29 is 13.9 Å². The Kier molecular flexibility index (Phi) is 6.15. The predicted molar refractivity (Wildman–Crippen MR) is 62.2 cm³/mol. The third-order valence-corrected chi connectivity index (χ3v) is 2.27. The first-order valence-electron chi connectivity index (χ1n) is 5.74. The van der Waals surface area contributed by atoms with Crippen molar-refractivity contribution in [3.63, 3.8) is 0 Å². The summed E-state index contributed by atoms with van der Waals surface area (Å²) in [5.74, 6) is 0.965. The molecule has 0 saturated heterocycles. The van der Waals surface area contributed by atoms with E-state index in [0.29, 0.717) is 26.3 Å². The van der Waals surface area contributed by atoms with Crippen molar-refractivity contribution in [1.82, 2.24) is 5.32 Å². The number of furan rings is 1. The van der Waals surface area contributed by atoms with Crippen LogP contribution >= 0.6 is 0 Å². The van der Waals surface area contributed by atoms with Crippen LogP contribution in [0.5, 0.6) is 0 Å². The molecule has 0 aliphatic heterocycles. The van der Waals surface area contributed by atoms with E-state index in [0.717, 1.165) is 11.3 Å². The minimum absolute atomic E-state index is 0.176. The predicted octanol–water partition coefficient (Wildman–Crippen LogP) is 2.08. The molecule has 0 amide bonds. The van der Waals surface area contributed by atoms with Crippen LogP contribution in [0.1, 0.15) is 25.2 Å². The molecule has 0 bridgehead atoms. The zero-order chi connectivity index (χ0) is 11.8. The summed E-state index contributed by atoms with van der Waals surface area (Å²) in [6.45, 7) is 8.64. The van der Waals surface area contributed by atoms with Crippen molar-refractivity contribution in [2.75, 3.05) is 19.8 Å². The van der Waals surface area contributed by atoms with E-state index in [1.54, 1.807) is 6.26 Å². The van der Waals surface area contributed by atoms with Crippen molar-refractivity contribution >= 4 is 0 Å². The van der Waals surface area contributed by atoms with Gasteiger partial charge < -0.3 is 19.2 Å². The molecule has 0 spiro atoms. The van der Waals surface area contributed by atoms with Crippen molar-refractivity contribution in [3.8, 4) is 0 Å².